The highest BCUT2D eigenvalue weighted by atomic mass is 79.9. The van der Waals surface area contributed by atoms with Crippen molar-refractivity contribution in [2.45, 2.75) is 111 Å². The van der Waals surface area contributed by atoms with Gasteiger partial charge < -0.3 is 53.3 Å². The van der Waals surface area contributed by atoms with E-state index in [1.807, 2.05) is 58.5 Å². The van der Waals surface area contributed by atoms with Crippen molar-refractivity contribution in [1.82, 2.24) is 0 Å². The number of halogens is 1. The van der Waals surface area contributed by atoms with Gasteiger partial charge in [0.25, 0.3) is 6.47 Å². The second-order valence-electron chi connectivity index (χ2n) is 30.7. The van der Waals surface area contributed by atoms with Crippen molar-refractivity contribution in [2.24, 2.45) is 20.0 Å². The molecule has 0 unspecified atom stereocenters. The summed E-state index contributed by atoms with van der Waals surface area (Å²) in [5.41, 5.74) is 15.9. The fourth-order valence-electron chi connectivity index (χ4n) is 13.2. The average molecular weight is 1460 g/mol. The van der Waals surface area contributed by atoms with Gasteiger partial charge in [-0.1, -0.05) is 38.3 Å². The molecule has 101 heavy (non-hydrogen) atoms. The van der Waals surface area contributed by atoms with E-state index in [2.05, 4.69) is 234 Å². The van der Waals surface area contributed by atoms with E-state index >= 15 is 0 Å². The molecular weight excluding hydrogens is 1370 g/mol. The Balaban J connectivity index is 0.000000167. The van der Waals surface area contributed by atoms with Crippen LogP contribution in [-0.4, -0.2) is 184 Å². The van der Waals surface area contributed by atoms with Crippen LogP contribution in [0.5, 0.6) is 5.75 Å². The summed E-state index contributed by atoms with van der Waals surface area (Å²) in [7, 11) is 12.3. The molecular formula is C80H93BrN8O10Si2. The second kappa shape index (κ2) is 28.2. The molecule has 0 spiro atoms. The molecule has 0 radical (unpaired) electrons. The van der Waals surface area contributed by atoms with Crippen molar-refractivity contribution in [2.75, 3.05) is 92.6 Å². The number of fused-ring (bicyclic) bond motifs is 4. The van der Waals surface area contributed by atoms with E-state index in [0.29, 0.717) is 62.1 Å². The Labute approximate surface area is 604 Å². The maximum absolute atomic E-state index is 12.1. The third kappa shape index (κ3) is 15.8. The summed E-state index contributed by atoms with van der Waals surface area (Å²) in [6.45, 7) is 30.0. The molecule has 0 N–H and O–H groups in total. The number of benzene rings is 5. The summed E-state index contributed by atoms with van der Waals surface area (Å²) in [5, 5.41) is 26.3. The predicted molar refractivity (Wildman–Crippen MR) is 411 cm³/mol. The lowest BCUT2D eigenvalue weighted by Crippen LogP contribution is -2.50. The van der Waals surface area contributed by atoms with E-state index in [1.54, 1.807) is 6.07 Å². The van der Waals surface area contributed by atoms with Gasteiger partial charge >= 0.3 is 0 Å². The van der Waals surface area contributed by atoms with Gasteiger partial charge in [0.1, 0.15) is 76.5 Å². The van der Waals surface area contributed by atoms with Crippen molar-refractivity contribution in [3.63, 3.8) is 0 Å². The van der Waals surface area contributed by atoms with E-state index in [-0.39, 0.29) is 33.5 Å². The number of nitrogens with zero attached hydrogens (tertiary/aromatic N) is 8. The molecule has 5 aromatic rings. The molecule has 0 bridgehead atoms. The Morgan fingerprint density at radius 2 is 0.901 bits per heavy atom. The third-order valence-electron chi connectivity index (χ3n) is 18.6. The van der Waals surface area contributed by atoms with Gasteiger partial charge in [0.15, 0.2) is 11.4 Å². The maximum Gasteiger partial charge on any atom is 0.298 e. The highest BCUT2D eigenvalue weighted by Gasteiger charge is 2.44. The molecule has 0 amide bonds. The fraction of sp³-hybridized carbons (Fsp3) is 0.362. The standard InChI is InChI=1S/C35H43N4O2Si.C27H28N2O4Si.C16H19BrN2O2.C2H4O2/c1-34(2)20-40-32(36-34)22-11-14-25(33-37-35(3,4)21-41-33)28(17-22)31-26-15-12-23(38(5)6)18-29(26)42(9,10)30-19-24(39(7)8)13-16-27(30)31;1-28(2)17-7-10-21-24(13-17)34(5,6)25-14-18(29(3)4)8-11-22(25)26(21)23-15-19(33-16-30)9-12-20(23)27(31)32;1-15(2)8-20-13(18-15)10-5-6-11(12(17)7-10)14-19-16(3,4)9-21-14;1-2(3)4/h11-19H,20-21H2,1-10H3;7-16H,1-6H3;5-7H,8-9H2,1-4H3;1H3,(H,3,4)/q+1;;;/p-1. The van der Waals surface area contributed by atoms with Gasteiger partial charge in [0, 0.05) is 96.6 Å². The monoisotopic (exact) mass is 1460 g/mol. The highest BCUT2D eigenvalue weighted by molar-refractivity contribution is 9.10. The number of carboxylic acids is 2. The first-order chi connectivity index (χ1) is 47.2. The maximum atomic E-state index is 12.1. The zero-order valence-electron chi connectivity index (χ0n) is 62.1. The van der Waals surface area contributed by atoms with Gasteiger partial charge in [-0.2, -0.15) is 0 Å². The van der Waals surface area contributed by atoms with Crippen LogP contribution in [0.1, 0.15) is 117 Å². The van der Waals surface area contributed by atoms with Crippen LogP contribution in [0.2, 0.25) is 26.2 Å². The number of aliphatic imine (C=N–C) groups is 4. The Morgan fingerprint density at radius 1 is 0.515 bits per heavy atom. The van der Waals surface area contributed by atoms with Crippen LogP contribution < -0.4 is 35.1 Å². The average Bonchev–Trinajstić information content (AvgIpc) is 1.09. The topological polar surface area (TPSA) is 205 Å². The Kier molecular flexibility index (Phi) is 20.8. The van der Waals surface area contributed by atoms with Crippen LogP contribution in [0.25, 0.3) is 11.1 Å². The van der Waals surface area contributed by atoms with Crippen molar-refractivity contribution in [1.29, 1.82) is 0 Å². The van der Waals surface area contributed by atoms with Gasteiger partial charge in [0.05, 0.1) is 33.7 Å². The molecule has 18 nitrogen and oxygen atoms in total. The number of anilines is 2. The number of aromatic carboxylic acids is 1. The van der Waals surface area contributed by atoms with Gasteiger partial charge in [-0.25, -0.2) is 29.1 Å². The quantitative estimate of drug-likeness (QED) is 0.0689. The molecule has 0 saturated heterocycles. The van der Waals surface area contributed by atoms with Gasteiger partial charge in [-0.15, -0.1) is 0 Å². The molecule has 6 heterocycles. The number of rotatable bonds is 11. The first-order valence-electron chi connectivity index (χ1n) is 33.7. The SMILES string of the molecule is CC(=O)[O-].CC1(C)COC(c2ccc(C3=NC(C)(C)CO3)c(Br)c2)=N1.CN(C)c1ccc2c(c1)[Si](C)(C)C1=CC(=[N+](C)C)C=CC1=C2c1cc(C2=NC(C)(C)CO2)ccc1C1=NC(C)(C)CO1.CN(C)c1ccc2c(c1)[Si](C)(C)C1=CC(=[N+](C)C)C=CC1=C2c1cc(OC=O)ccc1C(=O)[O-]. The predicted octanol–water partition coefficient (Wildman–Crippen LogP) is 9.79. The minimum absolute atomic E-state index is 0.0555. The molecule has 0 atom stereocenters. The number of hydrogen-bond donors (Lipinski definition) is 0. The summed E-state index contributed by atoms with van der Waals surface area (Å²) in [6, 6.07) is 30.3. The van der Waals surface area contributed by atoms with Gasteiger partial charge in [-0.3, -0.25) is 4.79 Å². The Hall–Kier alpha value is -9.32. The normalized spacial score (nSPS) is 19.0. The summed E-state index contributed by atoms with van der Waals surface area (Å²) < 4.78 is 34.1. The number of carbonyl (C=O) groups excluding carboxylic acids is 3. The van der Waals surface area contributed by atoms with E-state index in [0.717, 1.165) is 67.3 Å². The summed E-state index contributed by atoms with van der Waals surface area (Å²) in [4.78, 5) is 55.4. The number of carbonyl (C=O) groups is 3. The molecule has 0 saturated carbocycles. The van der Waals surface area contributed by atoms with Crippen molar-refractivity contribution in [3.8, 4) is 5.75 Å². The summed E-state index contributed by atoms with van der Waals surface area (Å²) in [5.74, 6) is 0.695. The van der Waals surface area contributed by atoms with Crippen LogP contribution in [-0.2, 0) is 28.5 Å². The molecule has 528 valence electrons. The molecule has 21 heteroatoms. The third-order valence-corrected chi connectivity index (χ3v) is 26.3. The lowest BCUT2D eigenvalue weighted by molar-refractivity contribution is -0.462. The first-order valence-corrected chi connectivity index (χ1v) is 40.5. The highest BCUT2D eigenvalue weighted by Crippen LogP contribution is 2.46. The number of allylic oxidation sites excluding steroid dienone is 10. The number of hydrogen-bond acceptors (Lipinski definition) is 16. The van der Waals surface area contributed by atoms with E-state index in [9.17, 15) is 14.7 Å². The van der Waals surface area contributed by atoms with E-state index in [4.69, 9.17) is 43.6 Å². The molecule has 6 aliphatic heterocycles. The molecule has 0 fully saturated rings. The fourth-order valence-corrected chi connectivity index (χ4v) is 19.9. The zero-order valence-corrected chi connectivity index (χ0v) is 65.7. The van der Waals surface area contributed by atoms with Crippen LogP contribution >= 0.6 is 15.9 Å². The van der Waals surface area contributed by atoms with Crippen LogP contribution in [0.3, 0.4) is 0 Å². The van der Waals surface area contributed by atoms with Gasteiger partial charge in [0.2, 0.25) is 23.6 Å². The lowest BCUT2D eigenvalue weighted by atomic mass is 9.86. The number of aliphatic carboxylic acids is 1. The molecule has 2 aliphatic carbocycles. The molecule has 5 aromatic carbocycles. The minimum Gasteiger partial charge on any atom is -0.550 e. The van der Waals surface area contributed by atoms with Crippen LogP contribution in [0.15, 0.2) is 173 Å². The van der Waals surface area contributed by atoms with Crippen LogP contribution in [0.4, 0.5) is 11.4 Å². The molecule has 8 aliphatic rings. The van der Waals surface area contributed by atoms with Crippen molar-refractivity contribution < 1.29 is 57.4 Å². The van der Waals surface area contributed by atoms with Crippen molar-refractivity contribution in [3.05, 3.63) is 204 Å². The molecule has 13 rings (SSSR count). The van der Waals surface area contributed by atoms with Crippen molar-refractivity contribution >= 4 is 118 Å². The first kappa shape index (κ1) is 74.4. The summed E-state index contributed by atoms with van der Waals surface area (Å²) >= 11 is 3.60. The lowest BCUT2D eigenvalue weighted by Gasteiger charge is -2.38. The smallest absolute Gasteiger partial charge is 0.298 e. The zero-order chi connectivity index (χ0) is 73.8. The van der Waals surface area contributed by atoms with Crippen LogP contribution in [0, 0.1) is 0 Å². The second-order valence-corrected chi connectivity index (χ2v) is 40.2. The minimum atomic E-state index is -2.16. The summed E-state index contributed by atoms with van der Waals surface area (Å²) in [6.07, 6.45) is 13.3. The van der Waals surface area contributed by atoms with E-state index < -0.39 is 28.1 Å². The van der Waals surface area contributed by atoms with E-state index in [1.165, 1.54) is 61.0 Å². The largest absolute Gasteiger partial charge is 0.550 e. The Morgan fingerprint density at radius 3 is 1.28 bits per heavy atom. The molecule has 0 aromatic heterocycles. The number of ether oxygens (including phenoxy) is 5. The Bertz CT molecular complexity index is 4670. The number of carboxylic acid groups (broad SMARTS) is 2. The van der Waals surface area contributed by atoms with Gasteiger partial charge in [-0.05, 0) is 235 Å².